The van der Waals surface area contributed by atoms with Crippen molar-refractivity contribution in [3.05, 3.63) is 17.1 Å². The second-order valence-electron chi connectivity index (χ2n) is 3.14. The van der Waals surface area contributed by atoms with Crippen LogP contribution in [0.4, 0.5) is 0 Å². The fraction of sp³-hybridized carbons (Fsp3) is 0.571. The van der Waals surface area contributed by atoms with Crippen molar-refractivity contribution in [2.24, 2.45) is 5.73 Å². The maximum Gasteiger partial charge on any atom is 0.109 e. The van der Waals surface area contributed by atoms with E-state index in [1.807, 2.05) is 5.38 Å². The molecule has 0 aliphatic carbocycles. The molecule has 0 saturated carbocycles. The molecule has 0 bridgehead atoms. The van der Waals surface area contributed by atoms with Crippen molar-refractivity contribution < 1.29 is 5.11 Å². The largest absolute Gasteiger partial charge is 0.385 e. The number of hydrogen-bond acceptors (Lipinski definition) is 5. The van der Waals surface area contributed by atoms with E-state index < -0.39 is 5.60 Å². The van der Waals surface area contributed by atoms with Crippen LogP contribution >= 0.6 is 11.5 Å². The topological polar surface area (TPSA) is 71.2 Å². The molecule has 2 rings (SSSR count). The molecule has 0 radical (unpaired) electrons. The van der Waals surface area contributed by atoms with Gasteiger partial charge in [0.25, 0.3) is 0 Å². The number of rotatable bonds is 2. The second kappa shape index (κ2) is 2.77. The van der Waals surface area contributed by atoms with Crippen molar-refractivity contribution in [1.82, 2.24) is 9.69 Å². The van der Waals surface area contributed by atoms with Gasteiger partial charge in [0, 0.05) is 30.2 Å². The number of aliphatic hydroxyl groups is 1. The van der Waals surface area contributed by atoms with Crippen LogP contribution in [0.2, 0.25) is 0 Å². The molecular weight excluding hydrogens is 174 g/mol. The lowest BCUT2D eigenvalue weighted by Gasteiger charge is -2.41. The number of hydrogen-bond donors (Lipinski definition) is 3. The molecule has 66 valence electrons. The summed E-state index contributed by atoms with van der Waals surface area (Å²) >= 11 is 1.36. The fourth-order valence-corrected chi connectivity index (χ4v) is 1.85. The molecule has 0 amide bonds. The third-order valence-corrected chi connectivity index (χ3v) is 2.86. The van der Waals surface area contributed by atoms with E-state index in [0.29, 0.717) is 13.1 Å². The first-order valence-corrected chi connectivity index (χ1v) is 4.64. The molecule has 12 heavy (non-hydrogen) atoms. The van der Waals surface area contributed by atoms with E-state index >= 15 is 0 Å². The third kappa shape index (κ3) is 1.15. The molecule has 1 unspecified atom stereocenters. The lowest BCUT2D eigenvalue weighted by Crippen LogP contribution is -2.64. The smallest absolute Gasteiger partial charge is 0.109 e. The van der Waals surface area contributed by atoms with Gasteiger partial charge in [-0.15, -0.1) is 0 Å². The minimum atomic E-state index is -0.761. The van der Waals surface area contributed by atoms with Gasteiger partial charge in [0.2, 0.25) is 0 Å². The summed E-state index contributed by atoms with van der Waals surface area (Å²) in [7, 11) is 0. The number of β-amino-alcohol motifs (C(OH)–C–C–N with tert-alkyl or cyclic N) is 1. The summed E-state index contributed by atoms with van der Waals surface area (Å²) in [6.45, 7) is 1.15. The van der Waals surface area contributed by atoms with Crippen molar-refractivity contribution in [2.75, 3.05) is 13.1 Å². The number of nitrogens with two attached hydrogens (primary N) is 1. The minimum Gasteiger partial charge on any atom is -0.385 e. The zero-order valence-corrected chi connectivity index (χ0v) is 7.34. The number of nitrogens with one attached hydrogen (secondary N) is 1. The van der Waals surface area contributed by atoms with Crippen molar-refractivity contribution in [1.29, 1.82) is 0 Å². The average molecular weight is 185 g/mol. The zero-order chi connectivity index (χ0) is 8.60. The Kier molecular flexibility index (Phi) is 1.88. The monoisotopic (exact) mass is 185 g/mol. The molecule has 0 aromatic carbocycles. The maximum absolute atomic E-state index is 9.84. The molecule has 4 N–H and O–H groups in total. The first kappa shape index (κ1) is 8.12. The van der Waals surface area contributed by atoms with Gasteiger partial charge in [0.05, 0.1) is 6.04 Å². The Morgan fingerprint density at radius 2 is 2.50 bits per heavy atom. The highest BCUT2D eigenvalue weighted by Gasteiger charge is 2.41. The molecule has 0 spiro atoms. The molecular formula is C7H11N3OS. The number of aromatic nitrogens is 1. The predicted molar refractivity (Wildman–Crippen MR) is 46.9 cm³/mol. The minimum absolute atomic E-state index is 0.308. The Bertz CT molecular complexity index is 258. The SMILES string of the molecule is NC(c1cnsc1)C1(O)CNC1. The van der Waals surface area contributed by atoms with Crippen molar-refractivity contribution >= 4 is 11.5 Å². The lowest BCUT2D eigenvalue weighted by atomic mass is 9.86. The van der Waals surface area contributed by atoms with E-state index in [9.17, 15) is 5.11 Å². The van der Waals surface area contributed by atoms with Crippen LogP contribution in [0, 0.1) is 0 Å². The van der Waals surface area contributed by atoms with Gasteiger partial charge in [0.15, 0.2) is 0 Å². The molecule has 4 nitrogen and oxygen atoms in total. The quantitative estimate of drug-likeness (QED) is 0.579. The molecule has 1 aromatic heterocycles. The van der Waals surface area contributed by atoms with E-state index in [2.05, 4.69) is 9.69 Å². The highest BCUT2D eigenvalue weighted by atomic mass is 32.1. The van der Waals surface area contributed by atoms with Gasteiger partial charge in [-0.05, 0) is 11.5 Å². The van der Waals surface area contributed by atoms with E-state index in [1.54, 1.807) is 6.20 Å². The Morgan fingerprint density at radius 1 is 1.75 bits per heavy atom. The van der Waals surface area contributed by atoms with Crippen LogP contribution in [0.3, 0.4) is 0 Å². The molecule has 1 fully saturated rings. The van der Waals surface area contributed by atoms with Gasteiger partial charge in [0.1, 0.15) is 5.60 Å². The summed E-state index contributed by atoms with van der Waals surface area (Å²) in [6, 6.07) is -0.308. The lowest BCUT2D eigenvalue weighted by molar-refractivity contribution is -0.0332. The van der Waals surface area contributed by atoms with E-state index in [1.165, 1.54) is 11.5 Å². The van der Waals surface area contributed by atoms with E-state index in [-0.39, 0.29) is 6.04 Å². The normalized spacial score (nSPS) is 23.2. The summed E-state index contributed by atoms with van der Waals surface area (Å²) in [5, 5.41) is 14.7. The highest BCUT2D eigenvalue weighted by molar-refractivity contribution is 7.03. The van der Waals surface area contributed by atoms with Gasteiger partial charge in [-0.1, -0.05) is 0 Å². The summed E-state index contributed by atoms with van der Waals surface area (Å²) in [6.07, 6.45) is 1.71. The van der Waals surface area contributed by atoms with Crippen LogP contribution in [-0.2, 0) is 0 Å². The van der Waals surface area contributed by atoms with Gasteiger partial charge >= 0.3 is 0 Å². The van der Waals surface area contributed by atoms with Crippen LogP contribution < -0.4 is 11.1 Å². The highest BCUT2D eigenvalue weighted by Crippen LogP contribution is 2.27. The van der Waals surface area contributed by atoms with Crippen molar-refractivity contribution in [2.45, 2.75) is 11.6 Å². The van der Waals surface area contributed by atoms with Crippen molar-refractivity contribution in [3.63, 3.8) is 0 Å². The van der Waals surface area contributed by atoms with Crippen LogP contribution in [0.15, 0.2) is 11.6 Å². The molecule has 1 aliphatic rings. The van der Waals surface area contributed by atoms with Gasteiger partial charge in [-0.25, -0.2) is 4.37 Å². The van der Waals surface area contributed by atoms with Gasteiger partial charge < -0.3 is 16.2 Å². The first-order chi connectivity index (χ1) is 5.72. The summed E-state index contributed by atoms with van der Waals surface area (Å²) in [5.41, 5.74) is 6.01. The van der Waals surface area contributed by atoms with Crippen LogP contribution in [0.25, 0.3) is 0 Å². The fourth-order valence-electron chi connectivity index (χ4n) is 1.28. The summed E-state index contributed by atoms with van der Waals surface area (Å²) in [5.74, 6) is 0. The Labute approximate surface area is 74.6 Å². The Balaban J connectivity index is 2.14. The van der Waals surface area contributed by atoms with Crippen LogP contribution in [0.1, 0.15) is 11.6 Å². The molecule has 1 aromatic rings. The zero-order valence-electron chi connectivity index (χ0n) is 6.53. The van der Waals surface area contributed by atoms with Gasteiger partial charge in [-0.3, -0.25) is 0 Å². The Hall–Kier alpha value is -0.490. The van der Waals surface area contributed by atoms with E-state index in [0.717, 1.165) is 5.56 Å². The first-order valence-electron chi connectivity index (χ1n) is 3.80. The van der Waals surface area contributed by atoms with Crippen molar-refractivity contribution in [3.8, 4) is 0 Å². The Morgan fingerprint density at radius 3 is 2.92 bits per heavy atom. The van der Waals surface area contributed by atoms with Crippen LogP contribution in [-0.4, -0.2) is 28.2 Å². The van der Waals surface area contributed by atoms with Crippen LogP contribution in [0.5, 0.6) is 0 Å². The molecule has 5 heteroatoms. The summed E-state index contributed by atoms with van der Waals surface area (Å²) < 4.78 is 3.95. The molecule has 1 aliphatic heterocycles. The predicted octanol–water partition coefficient (Wildman–Crippen LogP) is -0.523. The maximum atomic E-state index is 9.84. The number of nitrogens with zero attached hydrogens (tertiary/aromatic N) is 1. The standard InChI is InChI=1S/C7H11N3OS/c8-6(5-1-10-12-2-5)7(11)3-9-4-7/h1-2,6,9,11H,3-4,8H2. The molecule has 2 heterocycles. The molecule has 1 saturated heterocycles. The summed E-state index contributed by atoms with van der Waals surface area (Å²) in [4.78, 5) is 0. The average Bonchev–Trinajstić information content (AvgIpc) is 2.50. The third-order valence-electron chi connectivity index (χ3n) is 2.25. The van der Waals surface area contributed by atoms with E-state index in [4.69, 9.17) is 5.73 Å². The second-order valence-corrected chi connectivity index (χ2v) is 3.80. The van der Waals surface area contributed by atoms with Gasteiger partial charge in [-0.2, -0.15) is 0 Å². The molecule has 1 atom stereocenters.